The lowest BCUT2D eigenvalue weighted by molar-refractivity contribution is -0.146. The van der Waals surface area contributed by atoms with Crippen molar-refractivity contribution in [3.05, 3.63) is 35.9 Å². The molecule has 1 unspecified atom stereocenters. The summed E-state index contributed by atoms with van der Waals surface area (Å²) >= 11 is 0. The summed E-state index contributed by atoms with van der Waals surface area (Å²) in [5.74, 6) is -0.927. The van der Waals surface area contributed by atoms with E-state index in [1.54, 1.807) is 4.90 Å². The number of carboxylic acids is 1. The molecule has 0 spiro atoms. The second-order valence-electron chi connectivity index (χ2n) is 5.87. The molecule has 0 saturated carbocycles. The molecule has 1 aliphatic heterocycles. The second kappa shape index (κ2) is 10.1. The van der Waals surface area contributed by atoms with Gasteiger partial charge in [0.15, 0.2) is 0 Å². The number of benzene rings is 1. The van der Waals surface area contributed by atoms with Crippen LogP contribution in [0.4, 0.5) is 0 Å². The molecule has 1 saturated heterocycles. The van der Waals surface area contributed by atoms with Gasteiger partial charge in [-0.05, 0) is 18.4 Å². The fraction of sp³-hybridized carbons (Fsp3) is 0.556. The number of hydrogen-bond acceptors (Lipinski definition) is 4. The van der Waals surface area contributed by atoms with Gasteiger partial charge >= 0.3 is 5.97 Å². The molecule has 0 aliphatic carbocycles. The third kappa shape index (κ3) is 6.29. The molecule has 1 fully saturated rings. The number of carboxylic acid groups (broad SMARTS) is 1. The first-order chi connectivity index (χ1) is 11.7. The Balaban J connectivity index is 1.62. The van der Waals surface area contributed by atoms with Gasteiger partial charge in [-0.2, -0.15) is 0 Å². The van der Waals surface area contributed by atoms with Crippen LogP contribution < -0.4 is 0 Å². The molecule has 1 aromatic carbocycles. The highest BCUT2D eigenvalue weighted by atomic mass is 16.5. The standard InChI is InChI=1S/C18H25NO5/c20-17(19-9-12-24-14-16(19)13-18(21)22)7-4-10-23-11-8-15-5-2-1-3-6-15/h1-3,5-6,16H,4,7-14H2,(H,21,22). The van der Waals surface area contributed by atoms with E-state index in [0.29, 0.717) is 45.8 Å². The summed E-state index contributed by atoms with van der Waals surface area (Å²) in [6.45, 7) is 2.40. The molecule has 1 amide bonds. The van der Waals surface area contributed by atoms with E-state index in [2.05, 4.69) is 12.1 Å². The molecular weight excluding hydrogens is 310 g/mol. The SMILES string of the molecule is O=C(O)CC1COCCN1C(=O)CCCOCCc1ccccc1. The predicted octanol–water partition coefficient (Wildman–Crippen LogP) is 1.73. The number of nitrogens with zero attached hydrogens (tertiary/aromatic N) is 1. The number of aliphatic carboxylic acids is 1. The lowest BCUT2D eigenvalue weighted by Gasteiger charge is -2.35. The van der Waals surface area contributed by atoms with Crippen LogP contribution in [0.1, 0.15) is 24.8 Å². The average Bonchev–Trinajstić information content (AvgIpc) is 2.58. The van der Waals surface area contributed by atoms with Crippen LogP contribution >= 0.6 is 0 Å². The molecule has 1 heterocycles. The van der Waals surface area contributed by atoms with Crippen molar-refractivity contribution in [2.45, 2.75) is 31.7 Å². The normalized spacial score (nSPS) is 17.7. The molecular formula is C18H25NO5. The topological polar surface area (TPSA) is 76.1 Å². The van der Waals surface area contributed by atoms with Crippen molar-refractivity contribution in [3.63, 3.8) is 0 Å². The zero-order valence-corrected chi connectivity index (χ0v) is 13.9. The molecule has 132 valence electrons. The van der Waals surface area contributed by atoms with Gasteiger partial charge < -0.3 is 19.5 Å². The molecule has 6 heteroatoms. The third-order valence-corrected chi connectivity index (χ3v) is 4.02. The first-order valence-corrected chi connectivity index (χ1v) is 8.37. The van der Waals surface area contributed by atoms with Crippen molar-refractivity contribution in [1.29, 1.82) is 0 Å². The lowest BCUT2D eigenvalue weighted by atomic mass is 10.1. The van der Waals surface area contributed by atoms with Gasteiger partial charge in [-0.3, -0.25) is 9.59 Å². The Morgan fingerprint density at radius 3 is 2.79 bits per heavy atom. The van der Waals surface area contributed by atoms with Crippen molar-refractivity contribution in [1.82, 2.24) is 4.90 Å². The van der Waals surface area contributed by atoms with Gasteiger partial charge in [-0.15, -0.1) is 0 Å². The van der Waals surface area contributed by atoms with Crippen LogP contribution in [0.5, 0.6) is 0 Å². The maximum atomic E-state index is 12.3. The van der Waals surface area contributed by atoms with E-state index < -0.39 is 5.97 Å². The first kappa shape index (κ1) is 18.4. The maximum absolute atomic E-state index is 12.3. The Labute approximate surface area is 142 Å². The third-order valence-electron chi connectivity index (χ3n) is 4.02. The summed E-state index contributed by atoms with van der Waals surface area (Å²) in [6.07, 6.45) is 1.81. The largest absolute Gasteiger partial charge is 0.481 e. The summed E-state index contributed by atoms with van der Waals surface area (Å²) in [5.41, 5.74) is 1.23. The van der Waals surface area contributed by atoms with Gasteiger partial charge in [0.2, 0.25) is 5.91 Å². The van der Waals surface area contributed by atoms with Gasteiger partial charge in [-0.1, -0.05) is 30.3 Å². The molecule has 1 aromatic rings. The molecule has 0 radical (unpaired) electrons. The predicted molar refractivity (Wildman–Crippen MR) is 88.8 cm³/mol. The molecule has 6 nitrogen and oxygen atoms in total. The number of ether oxygens (including phenoxy) is 2. The average molecular weight is 335 g/mol. The Morgan fingerprint density at radius 2 is 2.04 bits per heavy atom. The zero-order chi connectivity index (χ0) is 17.2. The smallest absolute Gasteiger partial charge is 0.305 e. The molecule has 24 heavy (non-hydrogen) atoms. The molecule has 0 bridgehead atoms. The summed E-state index contributed by atoms with van der Waals surface area (Å²) in [5, 5.41) is 8.92. The van der Waals surface area contributed by atoms with Crippen LogP contribution in [0.3, 0.4) is 0 Å². The maximum Gasteiger partial charge on any atom is 0.305 e. The van der Waals surface area contributed by atoms with Crippen LogP contribution in [0.15, 0.2) is 30.3 Å². The van der Waals surface area contributed by atoms with E-state index in [4.69, 9.17) is 14.6 Å². The number of hydrogen-bond donors (Lipinski definition) is 1. The second-order valence-corrected chi connectivity index (χ2v) is 5.87. The first-order valence-electron chi connectivity index (χ1n) is 8.37. The van der Waals surface area contributed by atoms with Crippen molar-refractivity contribution in [2.75, 3.05) is 33.0 Å². The molecule has 1 atom stereocenters. The number of carbonyl (C=O) groups is 2. The fourth-order valence-corrected chi connectivity index (χ4v) is 2.76. The Bertz CT molecular complexity index is 519. The highest BCUT2D eigenvalue weighted by Crippen LogP contribution is 2.13. The Hall–Kier alpha value is -1.92. The van der Waals surface area contributed by atoms with Crippen LogP contribution in [-0.4, -0.2) is 60.9 Å². The van der Waals surface area contributed by atoms with Crippen LogP contribution in [-0.2, 0) is 25.5 Å². The van der Waals surface area contributed by atoms with Crippen molar-refractivity contribution in [2.24, 2.45) is 0 Å². The van der Waals surface area contributed by atoms with E-state index >= 15 is 0 Å². The molecule has 1 aliphatic rings. The zero-order valence-electron chi connectivity index (χ0n) is 13.9. The molecule has 0 aromatic heterocycles. The highest BCUT2D eigenvalue weighted by molar-refractivity contribution is 5.77. The number of amides is 1. The van der Waals surface area contributed by atoms with Crippen LogP contribution in [0.2, 0.25) is 0 Å². The van der Waals surface area contributed by atoms with Gasteiger partial charge in [-0.25, -0.2) is 0 Å². The van der Waals surface area contributed by atoms with Gasteiger partial charge in [0.25, 0.3) is 0 Å². The number of rotatable bonds is 9. The minimum Gasteiger partial charge on any atom is -0.481 e. The van der Waals surface area contributed by atoms with E-state index in [9.17, 15) is 9.59 Å². The van der Waals surface area contributed by atoms with E-state index in [0.717, 1.165) is 6.42 Å². The van der Waals surface area contributed by atoms with Gasteiger partial charge in [0, 0.05) is 19.6 Å². The minimum atomic E-state index is -0.910. The summed E-state index contributed by atoms with van der Waals surface area (Å²) in [4.78, 5) is 24.8. The van der Waals surface area contributed by atoms with E-state index in [-0.39, 0.29) is 18.4 Å². The molecule has 2 rings (SSSR count). The summed E-state index contributed by atoms with van der Waals surface area (Å²) < 4.78 is 10.9. The van der Waals surface area contributed by atoms with E-state index in [1.165, 1.54) is 5.56 Å². The van der Waals surface area contributed by atoms with Crippen molar-refractivity contribution < 1.29 is 24.2 Å². The quantitative estimate of drug-likeness (QED) is 0.696. The minimum absolute atomic E-state index is 0.0174. The molecule has 1 N–H and O–H groups in total. The fourth-order valence-electron chi connectivity index (χ4n) is 2.76. The van der Waals surface area contributed by atoms with Crippen molar-refractivity contribution in [3.8, 4) is 0 Å². The van der Waals surface area contributed by atoms with Gasteiger partial charge in [0.1, 0.15) is 0 Å². The summed E-state index contributed by atoms with van der Waals surface area (Å²) in [6, 6.07) is 9.76. The van der Waals surface area contributed by atoms with Crippen molar-refractivity contribution >= 4 is 11.9 Å². The number of morpholine rings is 1. The lowest BCUT2D eigenvalue weighted by Crippen LogP contribution is -2.49. The highest BCUT2D eigenvalue weighted by Gasteiger charge is 2.28. The van der Waals surface area contributed by atoms with E-state index in [1.807, 2.05) is 18.2 Å². The Kier molecular flexibility index (Phi) is 7.71. The monoisotopic (exact) mass is 335 g/mol. The summed E-state index contributed by atoms with van der Waals surface area (Å²) in [7, 11) is 0. The van der Waals surface area contributed by atoms with Crippen LogP contribution in [0, 0.1) is 0 Å². The van der Waals surface area contributed by atoms with Crippen LogP contribution in [0.25, 0.3) is 0 Å². The Morgan fingerprint density at radius 1 is 1.25 bits per heavy atom. The van der Waals surface area contributed by atoms with Gasteiger partial charge in [0.05, 0.1) is 32.3 Å². The number of carbonyl (C=O) groups excluding carboxylic acids is 1.